The second kappa shape index (κ2) is 9.65. The zero-order valence-electron chi connectivity index (χ0n) is 22.3. The molecule has 0 aromatic heterocycles. The zero-order chi connectivity index (χ0) is 27.3. The molecule has 1 N–H and O–H groups in total. The van der Waals surface area contributed by atoms with Gasteiger partial charge in [0.2, 0.25) is 11.8 Å². The molecule has 6 nitrogen and oxygen atoms in total. The largest absolute Gasteiger partial charge is 0.352 e. The standard InChI is InChI=1S/C31H34F2N4O2/c1-21-5-7-23(8-6-21)19-34-25(38)18-29-20-35-36-27(28(29)30(29)13-4-14-31(30,32)33)24-11-9-22(10-12-24)17-26(39)37-15-2-3-16-37/h5-12,20,28H,2-4,13-19H2,1H3,(H,34,38). The lowest BCUT2D eigenvalue weighted by molar-refractivity contribution is -0.129. The van der Waals surface area contributed by atoms with E-state index in [2.05, 4.69) is 15.5 Å². The monoisotopic (exact) mass is 532 g/mol. The van der Waals surface area contributed by atoms with Crippen molar-refractivity contribution >= 4 is 23.7 Å². The summed E-state index contributed by atoms with van der Waals surface area (Å²) >= 11 is 0. The molecular formula is C31H34F2N4O2. The molecule has 2 amide bonds. The second-order valence-electron chi connectivity index (χ2n) is 11.6. The molecule has 3 atom stereocenters. The van der Waals surface area contributed by atoms with E-state index in [-0.39, 0.29) is 24.7 Å². The Kier molecular flexibility index (Phi) is 6.39. The van der Waals surface area contributed by atoms with Gasteiger partial charge in [0, 0.05) is 50.0 Å². The summed E-state index contributed by atoms with van der Waals surface area (Å²) in [5, 5.41) is 11.5. The van der Waals surface area contributed by atoms with Gasteiger partial charge in [-0.05, 0) is 49.3 Å². The summed E-state index contributed by atoms with van der Waals surface area (Å²) in [6, 6.07) is 15.3. The number of halogens is 2. The Labute approximate surface area is 227 Å². The van der Waals surface area contributed by atoms with Crippen molar-refractivity contribution in [1.29, 1.82) is 0 Å². The minimum atomic E-state index is -2.91. The van der Waals surface area contributed by atoms with Crippen molar-refractivity contribution in [2.75, 3.05) is 13.1 Å². The summed E-state index contributed by atoms with van der Waals surface area (Å²) in [5.41, 5.74) is 1.79. The fourth-order valence-corrected chi connectivity index (χ4v) is 7.28. The zero-order valence-corrected chi connectivity index (χ0v) is 22.3. The first-order valence-corrected chi connectivity index (χ1v) is 13.9. The topological polar surface area (TPSA) is 74.1 Å². The molecule has 39 heavy (non-hydrogen) atoms. The van der Waals surface area contributed by atoms with E-state index in [9.17, 15) is 9.59 Å². The number of amides is 2. The predicted octanol–water partition coefficient (Wildman–Crippen LogP) is 5.08. The Hall–Kier alpha value is -3.42. The third-order valence-corrected chi connectivity index (χ3v) is 9.32. The molecule has 6 rings (SSSR count). The summed E-state index contributed by atoms with van der Waals surface area (Å²) < 4.78 is 31.2. The number of aryl methyl sites for hydroxylation is 1. The van der Waals surface area contributed by atoms with E-state index < -0.39 is 22.7 Å². The Bertz CT molecular complexity index is 1330. The maximum Gasteiger partial charge on any atom is 0.255 e. The van der Waals surface area contributed by atoms with Gasteiger partial charge >= 0.3 is 0 Å². The maximum atomic E-state index is 15.6. The normalized spacial score (nSPS) is 28.3. The number of benzene rings is 2. The number of carbonyl (C=O) groups is 2. The van der Waals surface area contributed by atoms with Crippen LogP contribution in [0.2, 0.25) is 0 Å². The maximum absolute atomic E-state index is 15.6. The van der Waals surface area contributed by atoms with E-state index in [0.29, 0.717) is 31.5 Å². The highest BCUT2D eigenvalue weighted by molar-refractivity contribution is 6.11. The van der Waals surface area contributed by atoms with Crippen molar-refractivity contribution in [3.05, 3.63) is 70.8 Å². The van der Waals surface area contributed by atoms with Gasteiger partial charge in [-0.1, -0.05) is 54.1 Å². The highest BCUT2D eigenvalue weighted by Crippen LogP contribution is 2.82. The van der Waals surface area contributed by atoms with Crippen molar-refractivity contribution in [1.82, 2.24) is 10.2 Å². The number of nitrogens with zero attached hydrogens (tertiary/aromatic N) is 3. The number of rotatable bonds is 7. The van der Waals surface area contributed by atoms with Gasteiger partial charge in [-0.3, -0.25) is 9.59 Å². The van der Waals surface area contributed by atoms with Gasteiger partial charge in [0.25, 0.3) is 5.92 Å². The molecule has 1 saturated heterocycles. The summed E-state index contributed by atoms with van der Waals surface area (Å²) in [6.45, 7) is 3.97. The van der Waals surface area contributed by atoms with E-state index in [0.717, 1.165) is 48.2 Å². The fourth-order valence-electron chi connectivity index (χ4n) is 7.28. The van der Waals surface area contributed by atoms with Gasteiger partial charge in [-0.25, -0.2) is 8.78 Å². The van der Waals surface area contributed by atoms with Crippen molar-refractivity contribution < 1.29 is 18.4 Å². The minimum Gasteiger partial charge on any atom is -0.352 e. The van der Waals surface area contributed by atoms with Gasteiger partial charge in [0.15, 0.2) is 0 Å². The van der Waals surface area contributed by atoms with Gasteiger partial charge in [-0.2, -0.15) is 10.2 Å². The summed E-state index contributed by atoms with van der Waals surface area (Å²) in [4.78, 5) is 27.6. The summed E-state index contributed by atoms with van der Waals surface area (Å²) in [5.74, 6) is -3.64. The molecule has 0 radical (unpaired) electrons. The Morgan fingerprint density at radius 3 is 2.33 bits per heavy atom. The summed E-state index contributed by atoms with van der Waals surface area (Å²) in [7, 11) is 0. The number of likely N-dealkylation sites (tertiary alicyclic amines) is 1. The van der Waals surface area contributed by atoms with Gasteiger partial charge in [0.1, 0.15) is 0 Å². The molecule has 2 heterocycles. The third-order valence-electron chi connectivity index (χ3n) is 9.32. The first-order valence-electron chi connectivity index (χ1n) is 13.9. The lowest BCUT2D eigenvalue weighted by Crippen LogP contribution is -2.34. The Balaban J connectivity index is 1.21. The smallest absolute Gasteiger partial charge is 0.255 e. The molecule has 2 aromatic rings. The van der Waals surface area contributed by atoms with E-state index >= 15 is 8.78 Å². The van der Waals surface area contributed by atoms with Crippen LogP contribution in [0.25, 0.3) is 0 Å². The van der Waals surface area contributed by atoms with Crippen LogP contribution in [0.1, 0.15) is 60.8 Å². The molecule has 2 aromatic carbocycles. The molecule has 2 aliphatic carbocycles. The Morgan fingerprint density at radius 2 is 1.67 bits per heavy atom. The summed E-state index contributed by atoms with van der Waals surface area (Å²) in [6.07, 6.45) is 4.45. The number of alkyl halides is 2. The number of hydrogen-bond acceptors (Lipinski definition) is 4. The predicted molar refractivity (Wildman–Crippen MR) is 146 cm³/mol. The van der Waals surface area contributed by atoms with E-state index in [1.807, 2.05) is 60.4 Å². The van der Waals surface area contributed by atoms with E-state index in [1.165, 1.54) is 6.21 Å². The number of nitrogens with one attached hydrogen (secondary N) is 1. The van der Waals surface area contributed by atoms with Crippen LogP contribution in [-0.2, 0) is 22.6 Å². The highest BCUT2D eigenvalue weighted by Gasteiger charge is 2.87. The minimum absolute atomic E-state index is 0.0515. The lowest BCUT2D eigenvalue weighted by Gasteiger charge is -2.24. The molecule has 0 bridgehead atoms. The Morgan fingerprint density at radius 1 is 0.974 bits per heavy atom. The molecule has 3 unspecified atom stereocenters. The van der Waals surface area contributed by atoms with Crippen LogP contribution in [0.5, 0.6) is 0 Å². The SMILES string of the molecule is Cc1ccc(CNC(=O)CC23C=NN=C(c4ccc(CC(=O)N5CCCC5)cc4)C2C32CCCC2(F)F)cc1. The van der Waals surface area contributed by atoms with E-state index in [4.69, 9.17) is 0 Å². The average Bonchev–Trinajstić information content (AvgIpc) is 3.24. The van der Waals surface area contributed by atoms with Crippen LogP contribution in [0.3, 0.4) is 0 Å². The lowest BCUT2D eigenvalue weighted by atomic mass is 9.86. The number of fused-ring (bicyclic) bond motifs is 3. The van der Waals surface area contributed by atoms with Crippen molar-refractivity contribution in [3.8, 4) is 0 Å². The second-order valence-corrected chi connectivity index (χ2v) is 11.6. The van der Waals surface area contributed by atoms with Crippen LogP contribution in [0.15, 0.2) is 58.7 Å². The van der Waals surface area contributed by atoms with Crippen LogP contribution < -0.4 is 5.32 Å². The molecule has 4 aliphatic rings. The quantitative estimate of drug-likeness (QED) is 0.540. The van der Waals surface area contributed by atoms with Crippen molar-refractivity contribution in [2.24, 2.45) is 27.0 Å². The van der Waals surface area contributed by atoms with Crippen LogP contribution >= 0.6 is 0 Å². The fraction of sp³-hybridized carbons (Fsp3) is 0.484. The first kappa shape index (κ1) is 25.8. The number of carbonyl (C=O) groups excluding carboxylic acids is 2. The molecule has 2 aliphatic heterocycles. The van der Waals surface area contributed by atoms with E-state index in [1.54, 1.807) is 0 Å². The third kappa shape index (κ3) is 4.28. The average molecular weight is 533 g/mol. The van der Waals surface area contributed by atoms with Crippen molar-refractivity contribution in [2.45, 2.75) is 64.3 Å². The molecular weight excluding hydrogens is 498 g/mol. The highest BCUT2D eigenvalue weighted by atomic mass is 19.3. The van der Waals surface area contributed by atoms with Gasteiger partial charge in [-0.15, -0.1) is 0 Å². The van der Waals surface area contributed by atoms with Crippen LogP contribution in [0, 0.1) is 23.7 Å². The van der Waals surface area contributed by atoms with Crippen LogP contribution in [0.4, 0.5) is 8.78 Å². The molecule has 204 valence electrons. The van der Waals surface area contributed by atoms with Crippen LogP contribution in [-0.4, -0.2) is 47.7 Å². The van der Waals surface area contributed by atoms with Gasteiger partial charge in [0.05, 0.1) is 17.5 Å². The van der Waals surface area contributed by atoms with Gasteiger partial charge < -0.3 is 10.2 Å². The molecule has 1 spiro atoms. The molecule has 3 fully saturated rings. The number of hydrogen-bond donors (Lipinski definition) is 1. The van der Waals surface area contributed by atoms with Crippen molar-refractivity contribution in [3.63, 3.8) is 0 Å². The molecule has 8 heteroatoms. The first-order chi connectivity index (χ1) is 18.8. The molecule has 2 saturated carbocycles.